The van der Waals surface area contributed by atoms with Crippen LogP contribution in [0.15, 0.2) is 27.8 Å². The van der Waals surface area contributed by atoms with Crippen LogP contribution in [0.3, 0.4) is 0 Å². The molecule has 0 heterocycles. The Labute approximate surface area is 126 Å². The Morgan fingerprint density at radius 2 is 2.20 bits per heavy atom. The normalized spacial score (nSPS) is 25.9. The predicted octanol–water partition coefficient (Wildman–Crippen LogP) is 2.86. The summed E-state index contributed by atoms with van der Waals surface area (Å²) in [6.45, 7) is 3.96. The summed E-state index contributed by atoms with van der Waals surface area (Å²) in [6.07, 6.45) is 1.20. The van der Waals surface area contributed by atoms with Gasteiger partial charge in [-0.15, -0.1) is 0 Å². The summed E-state index contributed by atoms with van der Waals surface area (Å²) in [5, 5.41) is 14.8. The van der Waals surface area contributed by atoms with Crippen molar-refractivity contribution in [2.75, 3.05) is 5.32 Å². The molecule has 1 aromatic carbocycles. The summed E-state index contributed by atoms with van der Waals surface area (Å²) in [4.78, 5) is 12.5. The highest BCUT2D eigenvalue weighted by Gasteiger charge is 2.52. The van der Waals surface area contributed by atoms with Crippen molar-refractivity contribution in [3.63, 3.8) is 0 Å². The maximum Gasteiger partial charge on any atom is 0.238 e. The molecule has 1 amide bonds. The molecule has 108 valence electrons. The average Bonchev–Trinajstić information content (AvgIpc) is 2.39. The first kappa shape index (κ1) is 14.8. The molecule has 0 radical (unpaired) electrons. The number of nitrogens with zero attached hydrogens (tertiary/aromatic N) is 1. The quantitative estimate of drug-likeness (QED) is 0.342. The minimum Gasteiger partial charge on any atom is -0.409 e. The van der Waals surface area contributed by atoms with Gasteiger partial charge in [-0.2, -0.15) is 0 Å². The van der Waals surface area contributed by atoms with E-state index >= 15 is 0 Å². The van der Waals surface area contributed by atoms with Crippen molar-refractivity contribution in [1.29, 1.82) is 0 Å². The van der Waals surface area contributed by atoms with Crippen LogP contribution in [0.25, 0.3) is 0 Å². The Hall–Kier alpha value is -1.56. The molecule has 1 fully saturated rings. The van der Waals surface area contributed by atoms with Crippen LogP contribution in [-0.2, 0) is 4.79 Å². The molecule has 1 aliphatic carbocycles. The smallest absolute Gasteiger partial charge is 0.238 e. The highest BCUT2D eigenvalue weighted by atomic mass is 79.9. The molecule has 0 unspecified atom stereocenters. The molecule has 5 nitrogen and oxygen atoms in total. The van der Waals surface area contributed by atoms with Gasteiger partial charge in [0.2, 0.25) is 5.91 Å². The van der Waals surface area contributed by atoms with Crippen molar-refractivity contribution in [2.45, 2.75) is 26.7 Å². The first-order valence-electron chi connectivity index (χ1n) is 6.45. The van der Waals surface area contributed by atoms with Crippen LogP contribution in [0.5, 0.6) is 0 Å². The van der Waals surface area contributed by atoms with E-state index in [0.717, 1.165) is 15.7 Å². The van der Waals surface area contributed by atoms with Gasteiger partial charge in [0.1, 0.15) is 5.41 Å². The van der Waals surface area contributed by atoms with Gasteiger partial charge < -0.3 is 16.3 Å². The number of hydrogen-bond donors (Lipinski definition) is 3. The van der Waals surface area contributed by atoms with Crippen molar-refractivity contribution in [2.24, 2.45) is 22.2 Å². The standard InChI is InChI=1S/C14H18BrN3O2/c1-8-6-14(7-8,12(16)18-20)13(19)17-11-5-3-4-10(15)9(11)2/h3-5,8,20H,6-7H2,1-2H3,(H2,16,18)(H,17,19). The highest BCUT2D eigenvalue weighted by molar-refractivity contribution is 9.10. The van der Waals surface area contributed by atoms with Crippen molar-refractivity contribution >= 4 is 33.4 Å². The summed E-state index contributed by atoms with van der Waals surface area (Å²) in [5.41, 5.74) is 6.52. The van der Waals surface area contributed by atoms with E-state index in [9.17, 15) is 4.79 Å². The fourth-order valence-corrected chi connectivity index (χ4v) is 3.09. The third-order valence-corrected chi connectivity index (χ3v) is 4.80. The van der Waals surface area contributed by atoms with E-state index in [0.29, 0.717) is 18.8 Å². The average molecular weight is 340 g/mol. The Bertz CT molecular complexity index is 566. The largest absolute Gasteiger partial charge is 0.409 e. The number of anilines is 1. The third-order valence-electron chi connectivity index (χ3n) is 3.94. The van der Waals surface area contributed by atoms with Gasteiger partial charge in [0.15, 0.2) is 5.84 Å². The minimum atomic E-state index is -0.886. The van der Waals surface area contributed by atoms with Crippen LogP contribution >= 0.6 is 15.9 Å². The van der Waals surface area contributed by atoms with E-state index in [4.69, 9.17) is 10.9 Å². The Morgan fingerprint density at radius 1 is 1.55 bits per heavy atom. The summed E-state index contributed by atoms with van der Waals surface area (Å²) in [7, 11) is 0. The maximum absolute atomic E-state index is 12.5. The van der Waals surface area contributed by atoms with Crippen LogP contribution < -0.4 is 11.1 Å². The van der Waals surface area contributed by atoms with Crippen molar-refractivity contribution in [3.8, 4) is 0 Å². The molecular formula is C14H18BrN3O2. The van der Waals surface area contributed by atoms with Gasteiger partial charge >= 0.3 is 0 Å². The second-order valence-corrected chi connectivity index (χ2v) is 6.30. The van der Waals surface area contributed by atoms with Crippen LogP contribution in [-0.4, -0.2) is 17.0 Å². The number of rotatable bonds is 3. The van der Waals surface area contributed by atoms with E-state index in [1.807, 2.05) is 32.0 Å². The number of carbonyl (C=O) groups is 1. The number of oxime groups is 1. The minimum absolute atomic E-state index is 0.0132. The second-order valence-electron chi connectivity index (χ2n) is 5.45. The molecule has 0 aromatic heterocycles. The number of nitrogens with one attached hydrogen (secondary N) is 1. The van der Waals surface area contributed by atoms with Crippen LogP contribution in [0.2, 0.25) is 0 Å². The molecule has 20 heavy (non-hydrogen) atoms. The molecule has 0 atom stereocenters. The Kier molecular flexibility index (Phi) is 4.04. The van der Waals surface area contributed by atoms with Gasteiger partial charge in [-0.1, -0.05) is 34.1 Å². The summed E-state index contributed by atoms with van der Waals surface area (Å²) in [5.74, 6) is 0.164. The van der Waals surface area contributed by atoms with E-state index in [-0.39, 0.29) is 11.7 Å². The lowest BCUT2D eigenvalue weighted by molar-refractivity contribution is -0.127. The molecule has 1 saturated carbocycles. The lowest BCUT2D eigenvalue weighted by atomic mass is 9.61. The van der Waals surface area contributed by atoms with E-state index in [2.05, 4.69) is 26.4 Å². The zero-order chi connectivity index (χ0) is 14.9. The van der Waals surface area contributed by atoms with Crippen LogP contribution in [0, 0.1) is 18.3 Å². The van der Waals surface area contributed by atoms with E-state index < -0.39 is 5.41 Å². The molecule has 0 spiro atoms. The zero-order valence-electron chi connectivity index (χ0n) is 11.5. The SMILES string of the molecule is Cc1c(Br)cccc1NC(=O)C1(/C(N)=N/O)CC(C)C1. The van der Waals surface area contributed by atoms with Crippen molar-refractivity contribution < 1.29 is 10.0 Å². The topological polar surface area (TPSA) is 87.7 Å². The number of halogens is 1. The first-order valence-corrected chi connectivity index (χ1v) is 7.24. The number of amidine groups is 1. The number of carbonyl (C=O) groups excluding carboxylic acids is 1. The maximum atomic E-state index is 12.5. The second kappa shape index (κ2) is 5.44. The molecule has 1 aromatic rings. The molecule has 0 saturated heterocycles. The number of benzene rings is 1. The lowest BCUT2D eigenvalue weighted by Gasteiger charge is -2.43. The van der Waals surface area contributed by atoms with Gasteiger partial charge in [0.25, 0.3) is 0 Å². The lowest BCUT2D eigenvalue weighted by Crippen LogP contribution is -2.54. The van der Waals surface area contributed by atoms with Crippen molar-refractivity contribution in [1.82, 2.24) is 0 Å². The summed E-state index contributed by atoms with van der Waals surface area (Å²) >= 11 is 3.43. The van der Waals surface area contributed by atoms with E-state index in [1.54, 1.807) is 0 Å². The van der Waals surface area contributed by atoms with E-state index in [1.165, 1.54) is 0 Å². The van der Waals surface area contributed by atoms with Crippen LogP contribution in [0.1, 0.15) is 25.3 Å². The molecule has 1 aliphatic rings. The number of amides is 1. The van der Waals surface area contributed by atoms with Gasteiger partial charge in [-0.25, -0.2) is 0 Å². The van der Waals surface area contributed by atoms with Gasteiger partial charge in [-0.05, 0) is 43.4 Å². The number of nitrogens with two attached hydrogens (primary N) is 1. The summed E-state index contributed by atoms with van der Waals surface area (Å²) < 4.78 is 0.926. The molecular weight excluding hydrogens is 322 g/mol. The van der Waals surface area contributed by atoms with Crippen LogP contribution in [0.4, 0.5) is 5.69 Å². The Balaban J connectivity index is 2.25. The number of hydrogen-bond acceptors (Lipinski definition) is 3. The fraction of sp³-hybridized carbons (Fsp3) is 0.429. The highest BCUT2D eigenvalue weighted by Crippen LogP contribution is 2.46. The molecule has 4 N–H and O–H groups in total. The molecule has 0 bridgehead atoms. The fourth-order valence-electron chi connectivity index (χ4n) is 2.72. The van der Waals surface area contributed by atoms with Crippen molar-refractivity contribution in [3.05, 3.63) is 28.2 Å². The molecule has 6 heteroatoms. The predicted molar refractivity (Wildman–Crippen MR) is 81.7 cm³/mol. The third kappa shape index (κ3) is 2.40. The molecule has 0 aliphatic heterocycles. The van der Waals surface area contributed by atoms with Gasteiger partial charge in [0, 0.05) is 10.2 Å². The first-order chi connectivity index (χ1) is 9.40. The molecule has 2 rings (SSSR count). The monoisotopic (exact) mass is 339 g/mol. The zero-order valence-corrected chi connectivity index (χ0v) is 13.1. The Morgan fingerprint density at radius 3 is 2.75 bits per heavy atom. The van der Waals surface area contributed by atoms with Gasteiger partial charge in [0.05, 0.1) is 0 Å². The van der Waals surface area contributed by atoms with Gasteiger partial charge in [-0.3, -0.25) is 4.79 Å². The summed E-state index contributed by atoms with van der Waals surface area (Å²) in [6, 6.07) is 5.60.